The Balaban J connectivity index is 2.17. The van der Waals surface area contributed by atoms with Crippen LogP contribution in [-0.2, 0) is 9.53 Å². The van der Waals surface area contributed by atoms with Gasteiger partial charge < -0.3 is 19.7 Å². The summed E-state index contributed by atoms with van der Waals surface area (Å²) in [6.45, 7) is 3.67. The zero-order valence-electron chi connectivity index (χ0n) is 16.7. The van der Waals surface area contributed by atoms with Gasteiger partial charge in [-0.15, -0.1) is 0 Å². The van der Waals surface area contributed by atoms with Crippen molar-refractivity contribution in [3.05, 3.63) is 58.1 Å². The molecule has 0 aliphatic rings. The van der Waals surface area contributed by atoms with E-state index in [-0.39, 0.29) is 11.3 Å². The third-order valence-electron chi connectivity index (χ3n) is 3.99. The van der Waals surface area contributed by atoms with Gasteiger partial charge in [-0.05, 0) is 32.0 Å². The van der Waals surface area contributed by atoms with E-state index in [0.29, 0.717) is 23.7 Å². The molecule has 2 aromatic carbocycles. The molecule has 0 unspecified atom stereocenters. The van der Waals surface area contributed by atoms with Gasteiger partial charge in [0.15, 0.2) is 6.10 Å². The van der Waals surface area contributed by atoms with Crippen LogP contribution in [0.5, 0.6) is 5.75 Å². The molecule has 0 aromatic heterocycles. The molecule has 0 heterocycles. The molecule has 1 N–H and O–H groups in total. The maximum absolute atomic E-state index is 12.6. The van der Waals surface area contributed by atoms with Gasteiger partial charge in [-0.1, -0.05) is 12.1 Å². The van der Waals surface area contributed by atoms with E-state index in [1.165, 1.54) is 19.1 Å². The normalized spacial score (nSPS) is 11.3. The van der Waals surface area contributed by atoms with Crippen LogP contribution in [0.3, 0.4) is 0 Å². The van der Waals surface area contributed by atoms with Gasteiger partial charge in [0, 0.05) is 26.2 Å². The monoisotopic (exact) mass is 401 g/mol. The second-order valence-electron chi connectivity index (χ2n) is 6.32. The first kappa shape index (κ1) is 21.7. The number of hydrogen-bond acceptors (Lipinski definition) is 7. The van der Waals surface area contributed by atoms with Crippen LogP contribution < -0.4 is 15.0 Å². The van der Waals surface area contributed by atoms with Gasteiger partial charge in [0.05, 0.1) is 28.5 Å². The van der Waals surface area contributed by atoms with Crippen molar-refractivity contribution in [1.82, 2.24) is 0 Å². The number of nitrogens with one attached hydrogen (secondary N) is 1. The predicted molar refractivity (Wildman–Crippen MR) is 109 cm³/mol. The largest absolute Gasteiger partial charge is 0.492 e. The number of anilines is 2. The molecule has 154 valence electrons. The molecule has 0 saturated carbocycles. The second kappa shape index (κ2) is 9.54. The van der Waals surface area contributed by atoms with E-state index in [9.17, 15) is 19.7 Å². The summed E-state index contributed by atoms with van der Waals surface area (Å²) >= 11 is 0. The molecule has 0 spiro atoms. The van der Waals surface area contributed by atoms with E-state index < -0.39 is 22.9 Å². The molecule has 9 nitrogen and oxygen atoms in total. The highest BCUT2D eigenvalue weighted by atomic mass is 16.6. The first-order chi connectivity index (χ1) is 13.7. The summed E-state index contributed by atoms with van der Waals surface area (Å²) < 4.78 is 10.7. The number of nitrogens with zero attached hydrogens (tertiary/aromatic N) is 2. The molecule has 0 aliphatic carbocycles. The smallest absolute Gasteiger partial charge is 0.341 e. The number of benzene rings is 2. The lowest BCUT2D eigenvalue weighted by Gasteiger charge is -2.19. The van der Waals surface area contributed by atoms with Gasteiger partial charge in [0.25, 0.3) is 11.6 Å². The number of ether oxygens (including phenoxy) is 2. The minimum Gasteiger partial charge on any atom is -0.492 e. The fourth-order valence-electron chi connectivity index (χ4n) is 2.55. The number of nitro benzene ring substituents is 1. The molecule has 0 fully saturated rings. The predicted octanol–water partition coefficient (Wildman–Crippen LogP) is 3.24. The lowest BCUT2D eigenvalue weighted by atomic mass is 10.1. The van der Waals surface area contributed by atoms with Crippen LogP contribution in [0.4, 0.5) is 17.1 Å². The molecule has 9 heteroatoms. The molecule has 1 atom stereocenters. The van der Waals surface area contributed by atoms with Crippen LogP contribution in [0.25, 0.3) is 0 Å². The highest BCUT2D eigenvalue weighted by Crippen LogP contribution is 2.26. The first-order valence-corrected chi connectivity index (χ1v) is 8.94. The minimum absolute atomic E-state index is 0.00133. The van der Waals surface area contributed by atoms with Crippen molar-refractivity contribution in [2.45, 2.75) is 20.0 Å². The van der Waals surface area contributed by atoms with Crippen molar-refractivity contribution in [3.63, 3.8) is 0 Å². The Bertz CT molecular complexity index is 913. The summed E-state index contributed by atoms with van der Waals surface area (Å²) in [5.74, 6) is -0.893. The lowest BCUT2D eigenvalue weighted by molar-refractivity contribution is -0.384. The molecule has 1 amide bonds. The number of carbonyl (C=O) groups is 2. The zero-order valence-corrected chi connectivity index (χ0v) is 16.7. The Morgan fingerprint density at radius 3 is 2.52 bits per heavy atom. The van der Waals surface area contributed by atoms with Gasteiger partial charge >= 0.3 is 5.97 Å². The molecule has 0 radical (unpaired) electrons. The van der Waals surface area contributed by atoms with E-state index in [2.05, 4.69) is 5.32 Å². The fraction of sp³-hybridized carbons (Fsp3) is 0.300. The van der Waals surface area contributed by atoms with Crippen LogP contribution in [0.2, 0.25) is 0 Å². The maximum atomic E-state index is 12.6. The summed E-state index contributed by atoms with van der Waals surface area (Å²) in [7, 11) is 3.39. The third-order valence-corrected chi connectivity index (χ3v) is 3.99. The average Bonchev–Trinajstić information content (AvgIpc) is 2.68. The molecule has 0 bridgehead atoms. The molecule has 2 aromatic rings. The number of rotatable bonds is 8. The van der Waals surface area contributed by atoms with Crippen molar-refractivity contribution < 1.29 is 24.0 Å². The average molecular weight is 401 g/mol. The highest BCUT2D eigenvalue weighted by Gasteiger charge is 2.24. The molecule has 0 aliphatic heterocycles. The van der Waals surface area contributed by atoms with Crippen LogP contribution >= 0.6 is 0 Å². The molecular weight excluding hydrogens is 378 g/mol. The SMILES string of the molecule is CCOc1ccccc1NC(=O)[C@H](C)OC(=O)c1cc([N+](=O)[O-])ccc1N(C)C. The third kappa shape index (κ3) is 5.44. The van der Waals surface area contributed by atoms with Crippen molar-refractivity contribution >= 4 is 28.9 Å². The lowest BCUT2D eigenvalue weighted by Crippen LogP contribution is -2.30. The Labute approximate surface area is 168 Å². The van der Waals surface area contributed by atoms with E-state index in [1.807, 2.05) is 6.92 Å². The van der Waals surface area contributed by atoms with Crippen LogP contribution in [0.15, 0.2) is 42.5 Å². The number of carbonyl (C=O) groups excluding carboxylic acids is 2. The van der Waals surface area contributed by atoms with Gasteiger partial charge in [0.2, 0.25) is 0 Å². The number of hydrogen-bond donors (Lipinski definition) is 1. The number of nitro groups is 1. The van der Waals surface area contributed by atoms with Crippen molar-refractivity contribution in [1.29, 1.82) is 0 Å². The van der Waals surface area contributed by atoms with Gasteiger partial charge in [0.1, 0.15) is 5.75 Å². The number of esters is 1. The quantitative estimate of drug-likeness (QED) is 0.411. The van der Waals surface area contributed by atoms with Crippen LogP contribution in [0, 0.1) is 10.1 Å². The molecular formula is C20H23N3O6. The Morgan fingerprint density at radius 2 is 1.90 bits per heavy atom. The Morgan fingerprint density at radius 1 is 1.21 bits per heavy atom. The molecule has 2 rings (SSSR count). The topological polar surface area (TPSA) is 111 Å². The van der Waals surface area contributed by atoms with Crippen LogP contribution in [-0.4, -0.2) is 43.6 Å². The summed E-state index contributed by atoms with van der Waals surface area (Å²) in [6, 6.07) is 10.8. The Hall–Kier alpha value is -3.62. The minimum atomic E-state index is -1.13. The van der Waals surface area contributed by atoms with Gasteiger partial charge in [-0.25, -0.2) is 4.79 Å². The van der Waals surface area contributed by atoms with Crippen molar-refractivity contribution in [3.8, 4) is 5.75 Å². The number of amides is 1. The van der Waals surface area contributed by atoms with Crippen LogP contribution in [0.1, 0.15) is 24.2 Å². The van der Waals surface area contributed by atoms with E-state index in [1.54, 1.807) is 43.3 Å². The van der Waals surface area contributed by atoms with E-state index >= 15 is 0 Å². The zero-order chi connectivity index (χ0) is 21.6. The van der Waals surface area contributed by atoms with E-state index in [0.717, 1.165) is 6.07 Å². The maximum Gasteiger partial charge on any atom is 0.341 e. The second-order valence-corrected chi connectivity index (χ2v) is 6.32. The number of para-hydroxylation sites is 2. The van der Waals surface area contributed by atoms with Gasteiger partial charge in [-0.3, -0.25) is 14.9 Å². The number of non-ortho nitro benzene ring substituents is 1. The standard InChI is InChI=1S/C20H23N3O6/c1-5-28-18-9-7-6-8-16(18)21-19(24)13(2)29-20(25)15-12-14(23(26)27)10-11-17(15)22(3)4/h6-13H,5H2,1-4H3,(H,21,24)/t13-/m0/s1. The summed E-state index contributed by atoms with van der Waals surface area (Å²) in [5, 5.41) is 13.7. The van der Waals surface area contributed by atoms with Gasteiger partial charge in [-0.2, -0.15) is 0 Å². The van der Waals surface area contributed by atoms with Crippen molar-refractivity contribution in [2.24, 2.45) is 0 Å². The Kier molecular flexibility index (Phi) is 7.13. The fourth-order valence-corrected chi connectivity index (χ4v) is 2.55. The highest BCUT2D eigenvalue weighted by molar-refractivity contribution is 6.00. The van der Waals surface area contributed by atoms with E-state index in [4.69, 9.17) is 9.47 Å². The summed E-state index contributed by atoms with van der Waals surface area (Å²) in [5.41, 5.74) is 0.644. The summed E-state index contributed by atoms with van der Waals surface area (Å²) in [4.78, 5) is 37.1. The first-order valence-electron chi connectivity index (χ1n) is 8.94. The molecule has 0 saturated heterocycles. The molecule has 29 heavy (non-hydrogen) atoms. The van der Waals surface area contributed by atoms with Crippen molar-refractivity contribution in [2.75, 3.05) is 30.9 Å². The summed E-state index contributed by atoms with van der Waals surface area (Å²) in [6.07, 6.45) is -1.13.